The van der Waals surface area contributed by atoms with Crippen molar-refractivity contribution >= 4 is 5.97 Å². The van der Waals surface area contributed by atoms with Crippen molar-refractivity contribution in [3.05, 3.63) is 11.6 Å². The maximum Gasteiger partial charge on any atom is 0.378 e. The molecule has 0 aromatic carbocycles. The fourth-order valence-electron chi connectivity index (χ4n) is 2.40. The van der Waals surface area contributed by atoms with Crippen LogP contribution < -0.4 is 0 Å². The highest BCUT2D eigenvalue weighted by molar-refractivity contribution is 5.85. The van der Waals surface area contributed by atoms with Crippen molar-refractivity contribution < 1.29 is 14.6 Å². The van der Waals surface area contributed by atoms with Crippen LogP contribution in [0.3, 0.4) is 0 Å². The fourth-order valence-corrected chi connectivity index (χ4v) is 2.40. The third-order valence-corrected chi connectivity index (χ3v) is 3.36. The molecule has 2 unspecified atom stereocenters. The smallest absolute Gasteiger partial charge is 0.378 e. The molecule has 1 aliphatic heterocycles. The second-order valence-electron chi connectivity index (χ2n) is 4.61. The Morgan fingerprint density at radius 3 is 3.00 bits per heavy atom. The molecule has 2 aliphatic rings. The lowest BCUT2D eigenvalue weighted by Gasteiger charge is -2.08. The quantitative estimate of drug-likeness (QED) is 0.788. The molecule has 1 aromatic rings. The lowest BCUT2D eigenvalue weighted by Crippen LogP contribution is -2.11. The first kappa shape index (κ1) is 10.7. The number of aliphatic hydroxyl groups is 1. The van der Waals surface area contributed by atoms with Crippen molar-refractivity contribution in [1.29, 1.82) is 0 Å². The molecule has 1 aliphatic carbocycles. The van der Waals surface area contributed by atoms with Crippen LogP contribution in [0.25, 0.3) is 0 Å². The molecule has 92 valence electrons. The van der Waals surface area contributed by atoms with Crippen LogP contribution in [0.1, 0.15) is 54.8 Å². The number of hydrogen-bond donors (Lipinski definition) is 1. The summed E-state index contributed by atoms with van der Waals surface area (Å²) >= 11 is 0. The molecule has 1 fully saturated rings. The summed E-state index contributed by atoms with van der Waals surface area (Å²) in [4.78, 5) is 15.6. The van der Waals surface area contributed by atoms with Crippen molar-refractivity contribution in [1.82, 2.24) is 14.8 Å². The summed E-state index contributed by atoms with van der Waals surface area (Å²) in [5.41, 5.74) is 0. The number of fused-ring (bicyclic) bond motifs is 1. The zero-order valence-electron chi connectivity index (χ0n) is 9.67. The van der Waals surface area contributed by atoms with Gasteiger partial charge in [-0.05, 0) is 25.7 Å². The van der Waals surface area contributed by atoms with Crippen LogP contribution in [0.4, 0.5) is 0 Å². The van der Waals surface area contributed by atoms with Crippen molar-refractivity contribution in [3.63, 3.8) is 0 Å². The summed E-state index contributed by atoms with van der Waals surface area (Å²) in [6.07, 6.45) is 2.41. The molecule has 0 amide bonds. The van der Waals surface area contributed by atoms with Gasteiger partial charge in [-0.15, -0.1) is 5.10 Å². The zero-order valence-corrected chi connectivity index (χ0v) is 9.67. The number of esters is 1. The molecule has 2 heterocycles. The fraction of sp³-hybridized carbons (Fsp3) is 0.727. The van der Waals surface area contributed by atoms with E-state index in [1.54, 1.807) is 11.6 Å². The second kappa shape index (κ2) is 3.80. The summed E-state index contributed by atoms with van der Waals surface area (Å²) in [5, 5.41) is 14.1. The minimum atomic E-state index is -0.601. The number of hydrogen-bond acceptors (Lipinski definition) is 5. The zero-order chi connectivity index (χ0) is 12.0. The Morgan fingerprint density at radius 1 is 1.59 bits per heavy atom. The Labute approximate surface area is 98.6 Å². The van der Waals surface area contributed by atoms with Gasteiger partial charge in [0.15, 0.2) is 5.82 Å². The van der Waals surface area contributed by atoms with Gasteiger partial charge in [0, 0.05) is 6.42 Å². The van der Waals surface area contributed by atoms with Gasteiger partial charge in [0.2, 0.25) is 0 Å². The molecule has 1 aromatic heterocycles. The standard InChI is InChI=1S/C11H15N3O3/c1-2-17-11(16)9-12-10-8(15)5-7(6-3-4-6)14(10)13-9/h6-8,15H,2-5H2,1H3. The third kappa shape index (κ3) is 1.72. The van der Waals surface area contributed by atoms with Crippen LogP contribution in [-0.4, -0.2) is 32.4 Å². The van der Waals surface area contributed by atoms with E-state index in [-0.39, 0.29) is 11.9 Å². The number of aliphatic hydroxyl groups excluding tert-OH is 1. The number of aromatic nitrogens is 3. The molecule has 3 rings (SSSR count). The minimum absolute atomic E-state index is 0.0613. The van der Waals surface area contributed by atoms with Gasteiger partial charge in [0.05, 0.1) is 12.6 Å². The van der Waals surface area contributed by atoms with E-state index in [1.165, 1.54) is 12.8 Å². The molecule has 0 radical (unpaired) electrons. The van der Waals surface area contributed by atoms with E-state index in [4.69, 9.17) is 4.74 Å². The first-order valence-electron chi connectivity index (χ1n) is 6.02. The minimum Gasteiger partial charge on any atom is -0.460 e. The second-order valence-corrected chi connectivity index (χ2v) is 4.61. The lowest BCUT2D eigenvalue weighted by molar-refractivity contribution is 0.0510. The summed E-state index contributed by atoms with van der Waals surface area (Å²) in [6, 6.07) is 0.204. The van der Waals surface area contributed by atoms with Crippen molar-refractivity contribution in [3.8, 4) is 0 Å². The molecule has 0 saturated heterocycles. The highest BCUT2D eigenvalue weighted by Gasteiger charge is 2.42. The van der Waals surface area contributed by atoms with Gasteiger partial charge in [-0.2, -0.15) is 0 Å². The van der Waals surface area contributed by atoms with Crippen molar-refractivity contribution in [2.45, 2.75) is 38.3 Å². The molecular weight excluding hydrogens is 222 g/mol. The number of nitrogens with zero attached hydrogens (tertiary/aromatic N) is 3. The monoisotopic (exact) mass is 237 g/mol. The summed E-state index contributed by atoms with van der Waals surface area (Å²) in [6.45, 7) is 2.04. The third-order valence-electron chi connectivity index (χ3n) is 3.36. The first-order valence-corrected chi connectivity index (χ1v) is 6.02. The molecule has 1 N–H and O–H groups in total. The van der Waals surface area contributed by atoms with E-state index in [9.17, 15) is 9.90 Å². The largest absolute Gasteiger partial charge is 0.460 e. The number of rotatable bonds is 3. The van der Waals surface area contributed by atoms with E-state index in [2.05, 4.69) is 10.1 Å². The molecule has 1 saturated carbocycles. The maximum atomic E-state index is 11.5. The number of ether oxygens (including phenoxy) is 1. The van der Waals surface area contributed by atoms with Crippen molar-refractivity contribution in [2.24, 2.45) is 5.92 Å². The van der Waals surface area contributed by atoms with Crippen LogP contribution in [0.5, 0.6) is 0 Å². The highest BCUT2D eigenvalue weighted by Crippen LogP contribution is 2.47. The van der Waals surface area contributed by atoms with Crippen LogP contribution in [0.2, 0.25) is 0 Å². The summed E-state index contributed by atoms with van der Waals surface area (Å²) in [7, 11) is 0. The van der Waals surface area contributed by atoms with Gasteiger partial charge in [-0.1, -0.05) is 0 Å². The van der Waals surface area contributed by atoms with Crippen LogP contribution in [-0.2, 0) is 4.74 Å². The average Bonchev–Trinajstić information content (AvgIpc) is 2.95. The van der Waals surface area contributed by atoms with Gasteiger partial charge in [-0.3, -0.25) is 0 Å². The number of carbonyl (C=O) groups is 1. The SMILES string of the molecule is CCOC(=O)c1nc2n(n1)C(C1CC1)CC2O. The molecule has 0 bridgehead atoms. The predicted molar refractivity (Wildman–Crippen MR) is 57.3 cm³/mol. The van der Waals surface area contributed by atoms with Gasteiger partial charge in [0.1, 0.15) is 6.10 Å². The lowest BCUT2D eigenvalue weighted by atomic mass is 10.1. The Kier molecular flexibility index (Phi) is 2.39. The Bertz CT molecular complexity index is 453. The molecule has 6 heteroatoms. The molecular formula is C11H15N3O3. The highest BCUT2D eigenvalue weighted by atomic mass is 16.5. The topological polar surface area (TPSA) is 77.2 Å². The van der Waals surface area contributed by atoms with E-state index in [1.807, 2.05) is 0 Å². The van der Waals surface area contributed by atoms with Gasteiger partial charge in [0.25, 0.3) is 5.82 Å². The first-order chi connectivity index (χ1) is 8.20. The average molecular weight is 237 g/mol. The van der Waals surface area contributed by atoms with Crippen LogP contribution >= 0.6 is 0 Å². The van der Waals surface area contributed by atoms with E-state index < -0.39 is 12.1 Å². The number of carbonyl (C=O) groups excluding carboxylic acids is 1. The Morgan fingerprint density at radius 2 is 2.35 bits per heavy atom. The summed E-state index contributed by atoms with van der Waals surface area (Å²) < 4.78 is 6.57. The van der Waals surface area contributed by atoms with Crippen LogP contribution in [0.15, 0.2) is 0 Å². The van der Waals surface area contributed by atoms with E-state index in [0.717, 1.165) is 0 Å². The molecule has 2 atom stereocenters. The summed E-state index contributed by atoms with van der Waals surface area (Å²) in [5.74, 6) is 0.634. The molecule has 6 nitrogen and oxygen atoms in total. The van der Waals surface area contributed by atoms with Crippen molar-refractivity contribution in [2.75, 3.05) is 6.61 Å². The van der Waals surface area contributed by atoms with Gasteiger partial charge >= 0.3 is 5.97 Å². The van der Waals surface area contributed by atoms with Gasteiger partial charge < -0.3 is 9.84 Å². The van der Waals surface area contributed by atoms with Crippen LogP contribution in [0, 0.1) is 5.92 Å². The molecule has 17 heavy (non-hydrogen) atoms. The van der Waals surface area contributed by atoms with Gasteiger partial charge in [-0.25, -0.2) is 14.5 Å². The Balaban J connectivity index is 1.89. The predicted octanol–water partition coefficient (Wildman–Crippen LogP) is 0.843. The maximum absolute atomic E-state index is 11.5. The van der Waals surface area contributed by atoms with E-state index >= 15 is 0 Å². The normalized spacial score (nSPS) is 26.9. The Hall–Kier alpha value is -1.43. The molecule has 0 spiro atoms. The van der Waals surface area contributed by atoms with E-state index in [0.29, 0.717) is 24.8 Å².